The van der Waals surface area contributed by atoms with Gasteiger partial charge in [0.1, 0.15) is 17.3 Å². The maximum Gasteiger partial charge on any atom is 0.303 e. The second kappa shape index (κ2) is 4.32. The first-order valence-electron chi connectivity index (χ1n) is 6.87. The Morgan fingerprint density at radius 1 is 1.42 bits per heavy atom. The Labute approximate surface area is 114 Å². The van der Waals surface area contributed by atoms with Gasteiger partial charge in [0.25, 0.3) is 0 Å². The summed E-state index contributed by atoms with van der Waals surface area (Å²) in [5, 5.41) is 9.94. The summed E-state index contributed by atoms with van der Waals surface area (Å²) in [5.41, 5.74) is -0.792. The number of rotatable bonds is 3. The summed E-state index contributed by atoms with van der Waals surface area (Å²) < 4.78 is 11.1. The molecule has 19 heavy (non-hydrogen) atoms. The van der Waals surface area contributed by atoms with Crippen molar-refractivity contribution in [3.05, 3.63) is 12.2 Å². The molecule has 1 N–H and O–H groups in total. The molecule has 1 saturated carbocycles. The molecule has 0 aromatic carbocycles. The Balaban J connectivity index is 2.15. The molecule has 1 aliphatic heterocycles. The van der Waals surface area contributed by atoms with E-state index >= 15 is 0 Å². The number of esters is 1. The van der Waals surface area contributed by atoms with E-state index in [1.807, 2.05) is 26.0 Å². The average Bonchev–Trinajstić information content (AvgIpc) is 2.80. The highest BCUT2D eigenvalue weighted by molar-refractivity contribution is 5.66. The predicted molar refractivity (Wildman–Crippen MR) is 71.6 cm³/mol. The number of epoxide rings is 1. The SMILES string of the molecule is CC(=O)O[C@H](C)/C=C/[C@]12O[C@@]1(C)C[C@@H](O)CC2(C)C. The number of carbonyl (C=O) groups is 1. The first-order valence-corrected chi connectivity index (χ1v) is 6.87. The molecular weight excluding hydrogens is 244 g/mol. The summed E-state index contributed by atoms with van der Waals surface area (Å²) in [6, 6.07) is 0. The number of hydrogen-bond acceptors (Lipinski definition) is 4. The van der Waals surface area contributed by atoms with Gasteiger partial charge >= 0.3 is 5.97 Å². The zero-order valence-corrected chi connectivity index (χ0v) is 12.4. The number of fused-ring (bicyclic) bond motifs is 1. The van der Waals surface area contributed by atoms with E-state index in [9.17, 15) is 9.90 Å². The molecule has 0 unspecified atom stereocenters. The lowest BCUT2D eigenvalue weighted by Crippen LogP contribution is -2.46. The number of aliphatic hydroxyl groups excluding tert-OH is 1. The van der Waals surface area contributed by atoms with Gasteiger partial charge < -0.3 is 14.6 Å². The minimum Gasteiger partial charge on any atom is -0.459 e. The molecule has 4 nitrogen and oxygen atoms in total. The first kappa shape index (κ1) is 14.5. The molecule has 2 rings (SSSR count). The summed E-state index contributed by atoms with van der Waals surface area (Å²) in [5.74, 6) is -0.285. The van der Waals surface area contributed by atoms with E-state index in [2.05, 4.69) is 13.8 Å². The second-order valence-corrected chi connectivity index (χ2v) is 6.69. The van der Waals surface area contributed by atoms with Gasteiger partial charge in [-0.25, -0.2) is 0 Å². The molecule has 0 amide bonds. The van der Waals surface area contributed by atoms with Crippen molar-refractivity contribution in [3.8, 4) is 0 Å². The van der Waals surface area contributed by atoms with Crippen LogP contribution in [0.15, 0.2) is 12.2 Å². The molecule has 0 spiro atoms. The predicted octanol–water partition coefficient (Wildman–Crippen LogP) is 2.20. The zero-order chi connectivity index (χ0) is 14.5. The van der Waals surface area contributed by atoms with Gasteiger partial charge in [-0.3, -0.25) is 4.79 Å². The molecule has 0 aromatic rings. The molecule has 4 atom stereocenters. The van der Waals surface area contributed by atoms with Crippen molar-refractivity contribution in [2.24, 2.45) is 5.41 Å². The Kier molecular flexibility index (Phi) is 3.30. The van der Waals surface area contributed by atoms with E-state index in [1.54, 1.807) is 0 Å². The van der Waals surface area contributed by atoms with Gasteiger partial charge in [0.15, 0.2) is 0 Å². The smallest absolute Gasteiger partial charge is 0.303 e. The number of hydrogen-bond donors (Lipinski definition) is 1. The second-order valence-electron chi connectivity index (χ2n) is 6.69. The van der Waals surface area contributed by atoms with E-state index < -0.39 is 0 Å². The van der Waals surface area contributed by atoms with E-state index in [-0.39, 0.29) is 34.8 Å². The molecule has 108 valence electrons. The highest BCUT2D eigenvalue weighted by Crippen LogP contribution is 2.65. The Hall–Kier alpha value is -0.870. The summed E-state index contributed by atoms with van der Waals surface area (Å²) in [6.07, 6.45) is 4.70. The number of carbonyl (C=O) groups excluding carboxylic acids is 1. The van der Waals surface area contributed by atoms with Crippen LogP contribution in [0.25, 0.3) is 0 Å². The monoisotopic (exact) mass is 268 g/mol. The summed E-state index contributed by atoms with van der Waals surface area (Å²) in [4.78, 5) is 10.9. The highest BCUT2D eigenvalue weighted by Gasteiger charge is 2.74. The van der Waals surface area contributed by atoms with Crippen LogP contribution in [0.5, 0.6) is 0 Å². The van der Waals surface area contributed by atoms with Crippen molar-refractivity contribution in [2.75, 3.05) is 0 Å². The average molecular weight is 268 g/mol. The van der Waals surface area contributed by atoms with Gasteiger partial charge in [0.2, 0.25) is 0 Å². The normalized spacial score (nSPS) is 41.7. The minimum absolute atomic E-state index is 0.133. The van der Waals surface area contributed by atoms with Crippen molar-refractivity contribution in [2.45, 2.75) is 70.9 Å². The molecule has 0 radical (unpaired) electrons. The third-order valence-corrected chi connectivity index (χ3v) is 4.46. The molecule has 1 aliphatic carbocycles. The van der Waals surface area contributed by atoms with Crippen LogP contribution >= 0.6 is 0 Å². The third kappa shape index (κ3) is 2.32. The van der Waals surface area contributed by atoms with Crippen molar-refractivity contribution in [3.63, 3.8) is 0 Å². The molecule has 1 heterocycles. The lowest BCUT2D eigenvalue weighted by Gasteiger charge is -2.39. The summed E-state index contributed by atoms with van der Waals surface area (Å²) >= 11 is 0. The van der Waals surface area contributed by atoms with E-state index in [0.717, 1.165) is 6.42 Å². The fourth-order valence-corrected chi connectivity index (χ4v) is 3.65. The first-order chi connectivity index (χ1) is 8.62. The van der Waals surface area contributed by atoms with Crippen LogP contribution in [0, 0.1) is 5.41 Å². The zero-order valence-electron chi connectivity index (χ0n) is 12.4. The van der Waals surface area contributed by atoms with Gasteiger partial charge in [-0.05, 0) is 32.4 Å². The van der Waals surface area contributed by atoms with Crippen molar-refractivity contribution in [1.29, 1.82) is 0 Å². The molecular formula is C15H24O4. The topological polar surface area (TPSA) is 59.1 Å². The number of aliphatic hydroxyl groups is 1. The molecule has 2 aliphatic rings. The van der Waals surface area contributed by atoms with Crippen LogP contribution in [-0.4, -0.2) is 34.5 Å². The fourth-order valence-electron chi connectivity index (χ4n) is 3.65. The lowest BCUT2D eigenvalue weighted by molar-refractivity contribution is -0.143. The van der Waals surface area contributed by atoms with Crippen LogP contribution in [-0.2, 0) is 14.3 Å². The van der Waals surface area contributed by atoms with E-state index in [0.29, 0.717) is 6.42 Å². The van der Waals surface area contributed by atoms with Crippen LogP contribution in [0.4, 0.5) is 0 Å². The van der Waals surface area contributed by atoms with E-state index in [1.165, 1.54) is 6.92 Å². The third-order valence-electron chi connectivity index (χ3n) is 4.46. The van der Waals surface area contributed by atoms with Crippen molar-refractivity contribution >= 4 is 5.97 Å². The summed E-state index contributed by atoms with van der Waals surface area (Å²) in [7, 11) is 0. The van der Waals surface area contributed by atoms with Crippen molar-refractivity contribution in [1.82, 2.24) is 0 Å². The fraction of sp³-hybridized carbons (Fsp3) is 0.800. The molecule has 0 bridgehead atoms. The molecule has 1 saturated heterocycles. The Bertz CT molecular complexity index is 414. The minimum atomic E-state index is -0.354. The summed E-state index contributed by atoms with van der Waals surface area (Å²) in [6.45, 7) is 9.50. The highest BCUT2D eigenvalue weighted by atomic mass is 16.6. The maximum absolute atomic E-state index is 10.9. The van der Waals surface area contributed by atoms with Crippen LogP contribution in [0.3, 0.4) is 0 Å². The van der Waals surface area contributed by atoms with Crippen LogP contribution < -0.4 is 0 Å². The quantitative estimate of drug-likeness (QED) is 0.484. The van der Waals surface area contributed by atoms with Crippen LogP contribution in [0.2, 0.25) is 0 Å². The van der Waals surface area contributed by atoms with Gasteiger partial charge in [-0.15, -0.1) is 0 Å². The standard InChI is InChI=1S/C15H24O4/c1-10(18-11(2)16)6-7-15-13(3,4)8-12(17)9-14(15,5)19-15/h6-7,10,12,17H,8-9H2,1-5H3/b7-6+/t10-,12+,14+,15-/m1/s1. The van der Waals surface area contributed by atoms with E-state index in [4.69, 9.17) is 9.47 Å². The number of ether oxygens (including phenoxy) is 2. The van der Waals surface area contributed by atoms with Gasteiger partial charge in [-0.1, -0.05) is 13.8 Å². The molecule has 4 heteroatoms. The van der Waals surface area contributed by atoms with Gasteiger partial charge in [0, 0.05) is 18.8 Å². The lowest BCUT2D eigenvalue weighted by atomic mass is 9.63. The van der Waals surface area contributed by atoms with Gasteiger partial charge in [-0.2, -0.15) is 0 Å². The molecule has 0 aromatic heterocycles. The Morgan fingerprint density at radius 3 is 2.58 bits per heavy atom. The maximum atomic E-state index is 10.9. The Morgan fingerprint density at radius 2 is 2.05 bits per heavy atom. The van der Waals surface area contributed by atoms with Crippen LogP contribution in [0.1, 0.15) is 47.5 Å². The van der Waals surface area contributed by atoms with Crippen molar-refractivity contribution < 1.29 is 19.4 Å². The largest absolute Gasteiger partial charge is 0.459 e. The molecule has 2 fully saturated rings. The van der Waals surface area contributed by atoms with Gasteiger partial charge in [0.05, 0.1) is 6.10 Å².